The van der Waals surface area contributed by atoms with Gasteiger partial charge in [0, 0.05) is 17.9 Å². The molecule has 0 fully saturated rings. The third-order valence-corrected chi connectivity index (χ3v) is 1.04. The van der Waals surface area contributed by atoms with Crippen LogP contribution in [0.25, 0.3) is 0 Å². The highest BCUT2D eigenvalue weighted by molar-refractivity contribution is 9.09. The monoisotopic (exact) mass is 245 g/mol. The molecule has 0 amide bonds. The zero-order chi connectivity index (χ0) is 5.70. The second-order valence-electron chi connectivity index (χ2n) is 1.80. The van der Waals surface area contributed by atoms with E-state index < -0.39 is 0 Å². The van der Waals surface area contributed by atoms with Gasteiger partial charge in [0.1, 0.15) is 0 Å². The van der Waals surface area contributed by atoms with Gasteiger partial charge in [-0.3, -0.25) is 0 Å². The number of hydrogen-bond donors (Lipinski definition) is 1. The van der Waals surface area contributed by atoms with Gasteiger partial charge in [-0.2, -0.15) is 0 Å². The van der Waals surface area contributed by atoms with Crippen LogP contribution in [0.1, 0.15) is 13.8 Å². The molecule has 0 aromatic carbocycles. The lowest BCUT2D eigenvalue weighted by molar-refractivity contribution is 0.617. The minimum Gasteiger partial charge on any atom is -0.314 e. The molecule has 8 heavy (non-hydrogen) atoms. The van der Waals surface area contributed by atoms with E-state index >= 15 is 0 Å². The topological polar surface area (TPSA) is 12.0 Å². The van der Waals surface area contributed by atoms with Crippen molar-refractivity contribution < 1.29 is 0 Å². The molecule has 1 N–H and O–H groups in total. The zero-order valence-corrected chi connectivity index (χ0v) is 8.58. The summed E-state index contributed by atoms with van der Waals surface area (Å²) in [5.41, 5.74) is 0. The van der Waals surface area contributed by atoms with Gasteiger partial charge in [0.2, 0.25) is 0 Å². The fourth-order valence-corrected chi connectivity index (χ4v) is 0.572. The second kappa shape index (κ2) is 7.92. The van der Waals surface area contributed by atoms with Gasteiger partial charge in [0.05, 0.1) is 0 Å². The Balaban J connectivity index is 0. The maximum Gasteiger partial charge on any atom is 0.0157 e. The van der Waals surface area contributed by atoms with Crippen LogP contribution in [-0.2, 0) is 0 Å². The van der Waals surface area contributed by atoms with Gasteiger partial charge in [-0.15, -0.1) is 17.0 Å². The first-order valence-corrected chi connectivity index (χ1v) is 3.69. The largest absolute Gasteiger partial charge is 0.314 e. The predicted molar refractivity (Wildman–Crippen MR) is 47.3 cm³/mol. The van der Waals surface area contributed by atoms with Gasteiger partial charge in [0.15, 0.2) is 0 Å². The van der Waals surface area contributed by atoms with Gasteiger partial charge in [-0.25, -0.2) is 0 Å². The molecule has 0 saturated carbocycles. The standard InChI is InChI=1S/C5H12BrN.BrH/c1-5(2)7-4-3-6;/h5,7H,3-4H2,1-2H3;1H. The maximum absolute atomic E-state index is 3.32. The van der Waals surface area contributed by atoms with Crippen LogP contribution in [0.5, 0.6) is 0 Å². The lowest BCUT2D eigenvalue weighted by atomic mass is 10.4. The van der Waals surface area contributed by atoms with Crippen LogP contribution >= 0.6 is 32.9 Å². The van der Waals surface area contributed by atoms with Crippen molar-refractivity contribution in [3.63, 3.8) is 0 Å². The summed E-state index contributed by atoms with van der Waals surface area (Å²) < 4.78 is 0. The van der Waals surface area contributed by atoms with Crippen molar-refractivity contribution in [2.75, 3.05) is 11.9 Å². The molecule has 0 aliphatic carbocycles. The molecule has 0 heterocycles. The number of rotatable bonds is 3. The van der Waals surface area contributed by atoms with E-state index in [1.54, 1.807) is 0 Å². The van der Waals surface area contributed by atoms with Crippen molar-refractivity contribution in [1.82, 2.24) is 5.32 Å². The Bertz CT molecular complexity index is 39.4. The highest BCUT2D eigenvalue weighted by Crippen LogP contribution is 1.78. The van der Waals surface area contributed by atoms with Crippen molar-refractivity contribution in [1.29, 1.82) is 0 Å². The Hall–Kier alpha value is 0.920. The highest BCUT2D eigenvalue weighted by atomic mass is 79.9. The first kappa shape index (κ1) is 11.7. The summed E-state index contributed by atoms with van der Waals surface area (Å²) >= 11 is 3.32. The fraction of sp³-hybridized carbons (Fsp3) is 1.00. The summed E-state index contributed by atoms with van der Waals surface area (Å²) in [6.07, 6.45) is 0. The molecule has 3 heteroatoms. The van der Waals surface area contributed by atoms with Crippen molar-refractivity contribution in [3.8, 4) is 0 Å². The third kappa shape index (κ3) is 10.0. The number of hydrogen-bond acceptors (Lipinski definition) is 1. The summed E-state index contributed by atoms with van der Waals surface area (Å²) in [6.45, 7) is 5.35. The van der Waals surface area contributed by atoms with Crippen molar-refractivity contribution in [3.05, 3.63) is 0 Å². The molecular formula is C5H13Br2N. The molecule has 52 valence electrons. The van der Waals surface area contributed by atoms with Gasteiger partial charge in [-0.05, 0) is 0 Å². The molecule has 0 rings (SSSR count). The summed E-state index contributed by atoms with van der Waals surface area (Å²) in [6, 6.07) is 0.623. The molecule has 0 unspecified atom stereocenters. The quantitative estimate of drug-likeness (QED) is 0.751. The average molecular weight is 247 g/mol. The van der Waals surface area contributed by atoms with Crippen molar-refractivity contribution in [2.24, 2.45) is 0 Å². The zero-order valence-electron chi connectivity index (χ0n) is 5.28. The lowest BCUT2D eigenvalue weighted by Crippen LogP contribution is -2.24. The Morgan fingerprint density at radius 1 is 1.50 bits per heavy atom. The minimum absolute atomic E-state index is 0. The maximum atomic E-state index is 3.32. The van der Waals surface area contributed by atoms with E-state index in [-0.39, 0.29) is 17.0 Å². The molecule has 0 saturated heterocycles. The fourth-order valence-electron chi connectivity index (χ4n) is 0.343. The van der Waals surface area contributed by atoms with E-state index in [1.807, 2.05) is 0 Å². The average Bonchev–Trinajstić information content (AvgIpc) is 1.61. The van der Waals surface area contributed by atoms with Crippen LogP contribution in [0.2, 0.25) is 0 Å². The molecule has 0 aromatic rings. The smallest absolute Gasteiger partial charge is 0.0157 e. The van der Waals surface area contributed by atoms with Crippen molar-refractivity contribution in [2.45, 2.75) is 19.9 Å². The first-order chi connectivity index (χ1) is 3.27. The van der Waals surface area contributed by atoms with Gasteiger partial charge >= 0.3 is 0 Å². The van der Waals surface area contributed by atoms with E-state index in [1.165, 1.54) is 0 Å². The Kier molecular flexibility index (Phi) is 11.6. The van der Waals surface area contributed by atoms with E-state index in [9.17, 15) is 0 Å². The summed E-state index contributed by atoms with van der Waals surface area (Å²) in [7, 11) is 0. The Morgan fingerprint density at radius 3 is 2.12 bits per heavy atom. The van der Waals surface area contributed by atoms with Gasteiger partial charge in [0.25, 0.3) is 0 Å². The number of halogens is 2. The molecule has 0 atom stereocenters. The van der Waals surface area contributed by atoms with Crippen LogP contribution in [-0.4, -0.2) is 17.9 Å². The number of nitrogens with one attached hydrogen (secondary N) is 1. The molecule has 0 bridgehead atoms. The van der Waals surface area contributed by atoms with Crippen LogP contribution < -0.4 is 5.32 Å². The molecule has 0 radical (unpaired) electrons. The van der Waals surface area contributed by atoms with Crippen LogP contribution in [0.15, 0.2) is 0 Å². The molecule has 0 spiro atoms. The van der Waals surface area contributed by atoms with Crippen LogP contribution in [0.4, 0.5) is 0 Å². The Labute approximate surface area is 70.1 Å². The first-order valence-electron chi connectivity index (χ1n) is 2.56. The number of alkyl halides is 1. The van der Waals surface area contributed by atoms with Gasteiger partial charge in [-0.1, -0.05) is 29.8 Å². The van der Waals surface area contributed by atoms with Gasteiger partial charge < -0.3 is 5.32 Å². The molecule has 0 aliphatic heterocycles. The summed E-state index contributed by atoms with van der Waals surface area (Å²) in [5.74, 6) is 0. The van der Waals surface area contributed by atoms with E-state index in [0.717, 1.165) is 11.9 Å². The summed E-state index contributed by atoms with van der Waals surface area (Å²) in [4.78, 5) is 0. The second-order valence-corrected chi connectivity index (χ2v) is 2.59. The summed E-state index contributed by atoms with van der Waals surface area (Å²) in [5, 5.41) is 4.30. The van der Waals surface area contributed by atoms with Crippen LogP contribution in [0.3, 0.4) is 0 Å². The molecular weight excluding hydrogens is 234 g/mol. The van der Waals surface area contributed by atoms with E-state index in [4.69, 9.17) is 0 Å². The lowest BCUT2D eigenvalue weighted by Gasteiger charge is -2.03. The molecule has 0 aliphatic rings. The third-order valence-electron chi connectivity index (χ3n) is 0.647. The van der Waals surface area contributed by atoms with Crippen LogP contribution in [0, 0.1) is 0 Å². The predicted octanol–water partition coefficient (Wildman–Crippen LogP) is 1.96. The Morgan fingerprint density at radius 2 is 2.00 bits per heavy atom. The van der Waals surface area contributed by atoms with Crippen molar-refractivity contribution >= 4 is 32.9 Å². The van der Waals surface area contributed by atoms with E-state index in [0.29, 0.717) is 6.04 Å². The minimum atomic E-state index is 0. The molecule has 1 nitrogen and oxygen atoms in total. The van der Waals surface area contributed by atoms with E-state index in [2.05, 4.69) is 35.1 Å². The highest BCUT2D eigenvalue weighted by Gasteiger charge is 1.86. The normalized spacial score (nSPS) is 9.00. The molecule has 0 aromatic heterocycles. The SMILES string of the molecule is Br.CC(C)NCCBr.